The molecule has 5 rings (SSSR count). The van der Waals surface area contributed by atoms with Gasteiger partial charge < -0.3 is 29.7 Å². The van der Waals surface area contributed by atoms with Crippen LogP contribution in [-0.4, -0.2) is 55.4 Å². The third-order valence-corrected chi connectivity index (χ3v) is 10.9. The molecular weight excluding hydrogens is 594 g/mol. The summed E-state index contributed by atoms with van der Waals surface area (Å²) in [7, 11) is 3.07. The van der Waals surface area contributed by atoms with Crippen molar-refractivity contribution in [3.05, 3.63) is 53.1 Å². The number of carbonyl (C=O) groups excluding carboxylic acids is 2. The van der Waals surface area contributed by atoms with Crippen molar-refractivity contribution in [1.29, 1.82) is 0 Å². The zero-order valence-electron chi connectivity index (χ0n) is 28.6. The number of nitrogens with one attached hydrogen (secondary N) is 1. The Morgan fingerprint density at radius 1 is 1.02 bits per heavy atom. The first-order valence-corrected chi connectivity index (χ1v) is 17.5. The second kappa shape index (κ2) is 15.6. The number of ketones is 1. The lowest BCUT2D eigenvalue weighted by molar-refractivity contribution is -0.147. The average Bonchev–Trinajstić information content (AvgIpc) is 3.45. The fourth-order valence-corrected chi connectivity index (χ4v) is 8.65. The lowest BCUT2D eigenvalue weighted by Crippen LogP contribution is -2.35. The highest BCUT2D eigenvalue weighted by molar-refractivity contribution is 5.82. The number of carbonyl (C=O) groups is 2. The first-order valence-electron chi connectivity index (χ1n) is 17.5. The Hall–Kier alpha value is -3.52. The number of fused-ring (bicyclic) bond motifs is 2. The summed E-state index contributed by atoms with van der Waals surface area (Å²) in [4.78, 5) is 26.2. The molecule has 2 aromatic carbocycles. The van der Waals surface area contributed by atoms with Gasteiger partial charge in [-0.3, -0.25) is 9.59 Å². The molecule has 256 valence electrons. The number of aromatic hydroxyl groups is 2. The third kappa shape index (κ3) is 8.32. The van der Waals surface area contributed by atoms with Crippen molar-refractivity contribution in [2.75, 3.05) is 27.3 Å². The lowest BCUT2D eigenvalue weighted by Gasteiger charge is -2.44. The van der Waals surface area contributed by atoms with E-state index >= 15 is 0 Å². The molecular formula is C39H53NO7. The van der Waals surface area contributed by atoms with E-state index in [1.54, 1.807) is 19.2 Å². The fraction of sp³-hybridized carbons (Fsp3) is 0.590. The largest absolute Gasteiger partial charge is 0.504 e. The van der Waals surface area contributed by atoms with E-state index in [9.17, 15) is 19.8 Å². The minimum Gasteiger partial charge on any atom is -0.504 e. The number of Topliss-reactive ketones (excluding diaryl/α,β-unsaturated/α-hetero) is 1. The Balaban J connectivity index is 1.43. The maximum Gasteiger partial charge on any atom is 0.302 e. The van der Waals surface area contributed by atoms with Crippen molar-refractivity contribution in [3.8, 4) is 23.0 Å². The molecule has 0 heterocycles. The monoisotopic (exact) mass is 647 g/mol. The SMILES string of the molecule is CCCNCC1=C[C@H]2CC3(CCCC3)CC[C@@H]2[C@@H](CC(=O)C[C@@H](CCc2ccc(O)c(OC)c2)OC(C)=O)c2cc(OC)c(O)cc21. The molecule has 2 fully saturated rings. The normalized spacial score (nSPS) is 22.0. The smallest absolute Gasteiger partial charge is 0.302 e. The fourth-order valence-electron chi connectivity index (χ4n) is 8.65. The first kappa shape index (κ1) is 34.8. The number of phenols is 2. The van der Waals surface area contributed by atoms with Gasteiger partial charge in [-0.1, -0.05) is 31.9 Å². The number of esters is 1. The molecule has 3 aliphatic rings. The van der Waals surface area contributed by atoms with E-state index in [0.29, 0.717) is 54.6 Å². The predicted molar refractivity (Wildman–Crippen MR) is 183 cm³/mol. The molecule has 4 atom stereocenters. The molecule has 47 heavy (non-hydrogen) atoms. The highest BCUT2D eigenvalue weighted by Gasteiger charge is 2.46. The van der Waals surface area contributed by atoms with Crippen LogP contribution in [0.4, 0.5) is 0 Å². The summed E-state index contributed by atoms with van der Waals surface area (Å²) < 4.78 is 16.5. The number of methoxy groups -OCH3 is 2. The third-order valence-electron chi connectivity index (χ3n) is 10.9. The van der Waals surface area contributed by atoms with E-state index < -0.39 is 12.1 Å². The van der Waals surface area contributed by atoms with Crippen molar-refractivity contribution >= 4 is 17.3 Å². The standard InChI is InChI=1S/C39H53NO7/c1-5-16-40-24-28-18-27-23-39(13-6-7-14-39)15-12-31(27)33(34-22-38(46-4)36(44)21-32(28)34)20-29(42)19-30(47-25(2)41)10-8-26-9-11-35(43)37(17-26)45-3/h9,11,17-18,21-22,27,30-31,33,40,43-44H,5-8,10,12-16,19-20,23-24H2,1-4H3/t27-,30+,31-,33+/m0/s1. The number of phenolic OH excluding ortho intramolecular Hbond substituents is 2. The molecule has 8 nitrogen and oxygen atoms in total. The molecule has 0 aliphatic heterocycles. The maximum absolute atomic E-state index is 14.1. The van der Waals surface area contributed by atoms with E-state index in [-0.39, 0.29) is 29.6 Å². The molecule has 0 amide bonds. The Morgan fingerprint density at radius 3 is 2.47 bits per heavy atom. The van der Waals surface area contributed by atoms with Crippen molar-refractivity contribution in [1.82, 2.24) is 5.32 Å². The molecule has 3 N–H and O–H groups in total. The molecule has 0 unspecified atom stereocenters. The number of rotatable bonds is 14. The van der Waals surface area contributed by atoms with Crippen LogP contribution < -0.4 is 14.8 Å². The van der Waals surface area contributed by atoms with Gasteiger partial charge in [-0.15, -0.1) is 0 Å². The van der Waals surface area contributed by atoms with Gasteiger partial charge in [0.1, 0.15) is 11.9 Å². The van der Waals surface area contributed by atoms with Gasteiger partial charge in [-0.2, -0.15) is 0 Å². The lowest BCUT2D eigenvalue weighted by atomic mass is 9.60. The van der Waals surface area contributed by atoms with E-state index in [2.05, 4.69) is 18.3 Å². The van der Waals surface area contributed by atoms with Gasteiger partial charge in [-0.25, -0.2) is 0 Å². The van der Waals surface area contributed by atoms with E-state index in [1.165, 1.54) is 51.7 Å². The van der Waals surface area contributed by atoms with Crippen molar-refractivity contribution in [3.63, 3.8) is 0 Å². The summed E-state index contributed by atoms with van der Waals surface area (Å²) >= 11 is 0. The van der Waals surface area contributed by atoms with Crippen LogP contribution in [0, 0.1) is 17.3 Å². The summed E-state index contributed by atoms with van der Waals surface area (Å²) in [6.45, 7) is 5.16. The highest BCUT2D eigenvalue weighted by atomic mass is 16.5. The van der Waals surface area contributed by atoms with Crippen LogP contribution >= 0.6 is 0 Å². The zero-order valence-corrected chi connectivity index (χ0v) is 28.6. The molecule has 3 aliphatic carbocycles. The number of allylic oxidation sites excluding steroid dienone is 1. The van der Waals surface area contributed by atoms with Crippen LogP contribution in [0.1, 0.15) is 107 Å². The van der Waals surface area contributed by atoms with Crippen LogP contribution in [0.5, 0.6) is 23.0 Å². The van der Waals surface area contributed by atoms with Crippen LogP contribution in [-0.2, 0) is 20.7 Å². The van der Waals surface area contributed by atoms with Gasteiger partial charge in [-0.05, 0) is 128 Å². The van der Waals surface area contributed by atoms with Crippen LogP contribution in [0.3, 0.4) is 0 Å². The molecule has 0 aromatic heterocycles. The molecule has 0 bridgehead atoms. The summed E-state index contributed by atoms with van der Waals surface area (Å²) in [5.74, 6) is 1.22. The second-order valence-electron chi connectivity index (χ2n) is 14.1. The molecule has 2 saturated carbocycles. The van der Waals surface area contributed by atoms with Crippen molar-refractivity contribution in [2.24, 2.45) is 17.3 Å². The number of hydrogen-bond donors (Lipinski definition) is 3. The van der Waals surface area contributed by atoms with Crippen LogP contribution in [0.25, 0.3) is 5.57 Å². The number of benzene rings is 2. The zero-order chi connectivity index (χ0) is 33.6. The second-order valence-corrected chi connectivity index (χ2v) is 14.1. The van der Waals surface area contributed by atoms with Gasteiger partial charge in [0, 0.05) is 26.3 Å². The summed E-state index contributed by atoms with van der Waals surface area (Å²) in [6, 6.07) is 8.97. The highest BCUT2D eigenvalue weighted by Crippen LogP contribution is 2.58. The maximum atomic E-state index is 14.1. The Bertz CT molecular complexity index is 1440. The molecule has 0 radical (unpaired) electrons. The van der Waals surface area contributed by atoms with Crippen LogP contribution in [0.2, 0.25) is 0 Å². The number of hydrogen-bond acceptors (Lipinski definition) is 8. The molecule has 8 heteroatoms. The predicted octanol–water partition coefficient (Wildman–Crippen LogP) is 7.49. The Morgan fingerprint density at radius 2 is 1.77 bits per heavy atom. The first-order chi connectivity index (χ1) is 22.6. The average molecular weight is 648 g/mol. The molecule has 1 spiro atoms. The summed E-state index contributed by atoms with van der Waals surface area (Å²) in [5, 5.41) is 24.5. The number of aryl methyl sites for hydroxylation is 1. The van der Waals surface area contributed by atoms with Gasteiger partial charge >= 0.3 is 5.97 Å². The topological polar surface area (TPSA) is 114 Å². The van der Waals surface area contributed by atoms with Gasteiger partial charge in [0.05, 0.1) is 14.2 Å². The van der Waals surface area contributed by atoms with Gasteiger partial charge in [0.25, 0.3) is 0 Å². The molecule has 0 saturated heterocycles. The van der Waals surface area contributed by atoms with Crippen molar-refractivity contribution < 1.29 is 34.0 Å². The quantitative estimate of drug-likeness (QED) is 0.143. The van der Waals surface area contributed by atoms with Crippen molar-refractivity contribution in [2.45, 2.75) is 103 Å². The van der Waals surface area contributed by atoms with E-state index in [4.69, 9.17) is 14.2 Å². The Labute approximate surface area is 279 Å². The summed E-state index contributed by atoms with van der Waals surface area (Å²) in [5.41, 5.74) is 4.57. The van der Waals surface area contributed by atoms with Gasteiger partial charge in [0.15, 0.2) is 23.0 Å². The van der Waals surface area contributed by atoms with Gasteiger partial charge in [0.2, 0.25) is 0 Å². The summed E-state index contributed by atoms with van der Waals surface area (Å²) in [6.07, 6.45) is 13.0. The van der Waals surface area contributed by atoms with Crippen LogP contribution in [0.15, 0.2) is 36.4 Å². The van der Waals surface area contributed by atoms with E-state index in [0.717, 1.165) is 42.5 Å². The van der Waals surface area contributed by atoms with E-state index in [1.807, 2.05) is 18.2 Å². The minimum absolute atomic E-state index is 0.0463. The minimum atomic E-state index is -0.560. The Kier molecular flexibility index (Phi) is 11.5. The number of ether oxygens (including phenoxy) is 3. The molecule has 2 aromatic rings.